The maximum absolute atomic E-state index is 13.0. The molecular weight excluding hydrogens is 420 g/mol. The van der Waals surface area contributed by atoms with Gasteiger partial charge in [0.05, 0.1) is 10.6 Å². The standard InChI is InChI=1S/C26H28N2O3S/c1-2-32(30,31)23-15-13-20(14-16-23)17-27-26(29)28-18-24(21-9-5-3-6-10-21)25(19-28)22-11-7-4-8-12-22/h3-16,24-25H,2,17-19H2,1H3,(H,27,29). The number of hydrogen-bond donors (Lipinski definition) is 1. The van der Waals surface area contributed by atoms with E-state index in [9.17, 15) is 13.2 Å². The third-order valence-electron chi connectivity index (χ3n) is 6.17. The van der Waals surface area contributed by atoms with Crippen molar-refractivity contribution in [2.75, 3.05) is 18.8 Å². The number of carbonyl (C=O) groups excluding carboxylic acids is 1. The Kier molecular flexibility index (Phi) is 6.61. The second kappa shape index (κ2) is 9.57. The zero-order chi connectivity index (χ0) is 22.6. The number of amides is 2. The van der Waals surface area contributed by atoms with Crippen molar-refractivity contribution in [2.45, 2.75) is 30.2 Å². The van der Waals surface area contributed by atoms with E-state index in [2.05, 4.69) is 29.6 Å². The molecular formula is C26H28N2O3S. The van der Waals surface area contributed by atoms with Gasteiger partial charge in [0.15, 0.2) is 9.84 Å². The van der Waals surface area contributed by atoms with Crippen molar-refractivity contribution in [3.63, 3.8) is 0 Å². The van der Waals surface area contributed by atoms with Crippen molar-refractivity contribution in [2.24, 2.45) is 0 Å². The molecule has 1 N–H and O–H groups in total. The SMILES string of the molecule is CCS(=O)(=O)c1ccc(CNC(=O)N2CC(c3ccccc3)C(c3ccccc3)C2)cc1. The highest BCUT2D eigenvalue weighted by molar-refractivity contribution is 7.91. The van der Waals surface area contributed by atoms with Crippen LogP contribution in [-0.2, 0) is 16.4 Å². The first-order valence-corrected chi connectivity index (χ1v) is 12.6. The Morgan fingerprint density at radius 3 is 1.81 bits per heavy atom. The predicted molar refractivity (Wildman–Crippen MR) is 126 cm³/mol. The van der Waals surface area contributed by atoms with Crippen LogP contribution in [0.2, 0.25) is 0 Å². The molecule has 1 heterocycles. The van der Waals surface area contributed by atoms with Gasteiger partial charge in [-0.25, -0.2) is 13.2 Å². The Balaban J connectivity index is 1.45. The molecule has 2 unspecified atom stereocenters. The number of hydrogen-bond acceptors (Lipinski definition) is 3. The van der Waals surface area contributed by atoms with Gasteiger partial charge >= 0.3 is 6.03 Å². The third-order valence-corrected chi connectivity index (χ3v) is 7.92. The molecule has 3 aromatic rings. The minimum atomic E-state index is -3.22. The molecule has 2 amide bonds. The summed E-state index contributed by atoms with van der Waals surface area (Å²) in [6, 6.07) is 27.3. The minimum absolute atomic E-state index is 0.0726. The van der Waals surface area contributed by atoms with Gasteiger partial charge < -0.3 is 10.2 Å². The van der Waals surface area contributed by atoms with Crippen molar-refractivity contribution >= 4 is 15.9 Å². The molecule has 32 heavy (non-hydrogen) atoms. The molecule has 1 aliphatic rings. The quantitative estimate of drug-likeness (QED) is 0.601. The Morgan fingerprint density at radius 1 is 0.844 bits per heavy atom. The molecule has 1 fully saturated rings. The highest BCUT2D eigenvalue weighted by atomic mass is 32.2. The summed E-state index contributed by atoms with van der Waals surface area (Å²) in [6.07, 6.45) is 0. The summed E-state index contributed by atoms with van der Waals surface area (Å²) in [5, 5.41) is 2.99. The van der Waals surface area contributed by atoms with Crippen molar-refractivity contribution in [3.8, 4) is 0 Å². The predicted octanol–water partition coefficient (Wildman–Crippen LogP) is 4.57. The van der Waals surface area contributed by atoms with E-state index in [1.807, 2.05) is 41.3 Å². The summed E-state index contributed by atoms with van der Waals surface area (Å²) >= 11 is 0. The molecule has 1 saturated heterocycles. The van der Waals surface area contributed by atoms with Gasteiger partial charge in [0.2, 0.25) is 0 Å². The summed E-state index contributed by atoms with van der Waals surface area (Å²) in [7, 11) is -3.22. The summed E-state index contributed by atoms with van der Waals surface area (Å²) in [5.41, 5.74) is 3.35. The fraction of sp³-hybridized carbons (Fsp3) is 0.269. The van der Waals surface area contributed by atoms with Crippen molar-refractivity contribution in [1.82, 2.24) is 10.2 Å². The maximum Gasteiger partial charge on any atom is 0.317 e. The van der Waals surface area contributed by atoms with Crippen molar-refractivity contribution < 1.29 is 13.2 Å². The van der Waals surface area contributed by atoms with Crippen LogP contribution in [0.5, 0.6) is 0 Å². The van der Waals surface area contributed by atoms with E-state index in [-0.39, 0.29) is 23.6 Å². The Morgan fingerprint density at radius 2 is 1.34 bits per heavy atom. The van der Waals surface area contributed by atoms with Crippen LogP contribution in [0.4, 0.5) is 4.79 Å². The molecule has 4 rings (SSSR count). The first kappa shape index (κ1) is 22.1. The van der Waals surface area contributed by atoms with Gasteiger partial charge in [-0.15, -0.1) is 0 Å². The summed E-state index contributed by atoms with van der Waals surface area (Å²) < 4.78 is 23.9. The van der Waals surface area contributed by atoms with Gasteiger partial charge in [0, 0.05) is 31.5 Å². The number of sulfone groups is 1. The summed E-state index contributed by atoms with van der Waals surface area (Å²) in [4.78, 5) is 15.2. The topological polar surface area (TPSA) is 66.5 Å². The molecule has 0 saturated carbocycles. The molecule has 0 aromatic heterocycles. The molecule has 0 aliphatic carbocycles. The van der Waals surface area contributed by atoms with Crippen LogP contribution in [0.25, 0.3) is 0 Å². The smallest absolute Gasteiger partial charge is 0.317 e. The van der Waals surface area contributed by atoms with E-state index in [1.54, 1.807) is 31.2 Å². The average molecular weight is 449 g/mol. The van der Waals surface area contributed by atoms with Gasteiger partial charge in [-0.3, -0.25) is 0 Å². The van der Waals surface area contributed by atoms with E-state index in [0.29, 0.717) is 24.5 Å². The number of nitrogens with one attached hydrogen (secondary N) is 1. The van der Waals surface area contributed by atoms with Crippen LogP contribution in [-0.4, -0.2) is 38.2 Å². The van der Waals surface area contributed by atoms with Crippen LogP contribution in [0.1, 0.15) is 35.4 Å². The Bertz CT molecular complexity index is 1100. The lowest BCUT2D eigenvalue weighted by Gasteiger charge is -2.18. The van der Waals surface area contributed by atoms with E-state index < -0.39 is 9.84 Å². The number of nitrogens with zero attached hydrogens (tertiary/aromatic N) is 1. The number of carbonyl (C=O) groups is 1. The first-order chi connectivity index (χ1) is 15.5. The Hall–Kier alpha value is -3.12. The third kappa shape index (κ3) is 4.86. The van der Waals surface area contributed by atoms with Gasteiger partial charge in [-0.1, -0.05) is 79.7 Å². The largest absolute Gasteiger partial charge is 0.334 e. The second-order valence-electron chi connectivity index (χ2n) is 8.15. The molecule has 2 atom stereocenters. The maximum atomic E-state index is 13.0. The van der Waals surface area contributed by atoms with Crippen LogP contribution >= 0.6 is 0 Å². The zero-order valence-electron chi connectivity index (χ0n) is 18.1. The van der Waals surface area contributed by atoms with Gasteiger partial charge in [-0.05, 0) is 28.8 Å². The molecule has 0 radical (unpaired) electrons. The monoisotopic (exact) mass is 448 g/mol. The molecule has 5 nitrogen and oxygen atoms in total. The Labute approximate surface area is 190 Å². The highest BCUT2D eigenvalue weighted by Crippen LogP contribution is 2.39. The molecule has 6 heteroatoms. The number of rotatable bonds is 6. The second-order valence-corrected chi connectivity index (χ2v) is 10.4. The van der Waals surface area contributed by atoms with Crippen LogP contribution < -0.4 is 5.32 Å². The molecule has 1 aliphatic heterocycles. The zero-order valence-corrected chi connectivity index (χ0v) is 19.0. The van der Waals surface area contributed by atoms with E-state index in [4.69, 9.17) is 0 Å². The molecule has 0 bridgehead atoms. The lowest BCUT2D eigenvalue weighted by Crippen LogP contribution is -2.38. The highest BCUT2D eigenvalue weighted by Gasteiger charge is 2.36. The number of likely N-dealkylation sites (tertiary alicyclic amines) is 1. The average Bonchev–Trinajstić information content (AvgIpc) is 3.30. The molecule has 3 aromatic carbocycles. The fourth-order valence-electron chi connectivity index (χ4n) is 4.32. The molecule has 0 spiro atoms. The number of benzene rings is 3. The normalized spacial score (nSPS) is 18.5. The van der Waals surface area contributed by atoms with Crippen LogP contribution in [0, 0.1) is 0 Å². The lowest BCUT2D eigenvalue weighted by atomic mass is 9.84. The molecule has 166 valence electrons. The van der Waals surface area contributed by atoms with Crippen LogP contribution in [0.3, 0.4) is 0 Å². The van der Waals surface area contributed by atoms with Gasteiger partial charge in [-0.2, -0.15) is 0 Å². The van der Waals surface area contributed by atoms with Gasteiger partial charge in [0.1, 0.15) is 0 Å². The minimum Gasteiger partial charge on any atom is -0.334 e. The van der Waals surface area contributed by atoms with Crippen LogP contribution in [0.15, 0.2) is 89.8 Å². The first-order valence-electron chi connectivity index (χ1n) is 10.9. The van der Waals surface area contributed by atoms with Crippen molar-refractivity contribution in [3.05, 3.63) is 102 Å². The van der Waals surface area contributed by atoms with E-state index >= 15 is 0 Å². The number of urea groups is 1. The summed E-state index contributed by atoms with van der Waals surface area (Å²) in [6.45, 7) is 3.30. The van der Waals surface area contributed by atoms with Gasteiger partial charge in [0.25, 0.3) is 0 Å². The lowest BCUT2D eigenvalue weighted by molar-refractivity contribution is 0.207. The van der Waals surface area contributed by atoms with E-state index in [1.165, 1.54) is 11.1 Å². The summed E-state index contributed by atoms with van der Waals surface area (Å²) in [5.74, 6) is 0.550. The fourth-order valence-corrected chi connectivity index (χ4v) is 5.20. The van der Waals surface area contributed by atoms with Crippen molar-refractivity contribution in [1.29, 1.82) is 0 Å². The van der Waals surface area contributed by atoms with E-state index in [0.717, 1.165) is 5.56 Å².